The van der Waals surface area contributed by atoms with Gasteiger partial charge in [0.2, 0.25) is 0 Å². The first-order valence-electron chi connectivity index (χ1n) is 2.49. The summed E-state index contributed by atoms with van der Waals surface area (Å²) in [5.41, 5.74) is 0. The van der Waals surface area contributed by atoms with Crippen molar-refractivity contribution in [3.63, 3.8) is 0 Å². The topological polar surface area (TPSA) is 67.3 Å². The van der Waals surface area contributed by atoms with Crippen molar-refractivity contribution in [3.05, 3.63) is 24.4 Å². The summed E-state index contributed by atoms with van der Waals surface area (Å²) in [6.45, 7) is 0. The average Bonchev–Trinajstić information content (AvgIpc) is 1.88. The molecule has 0 unspecified atom stereocenters. The predicted molar refractivity (Wildman–Crippen MR) is 33.2 cm³/mol. The number of aromatic nitrogens is 1. The van der Waals surface area contributed by atoms with Crippen LogP contribution < -0.4 is 4.59 Å². The van der Waals surface area contributed by atoms with Gasteiger partial charge in [0, 0.05) is 0 Å². The van der Waals surface area contributed by atoms with Gasteiger partial charge in [0.05, 0.1) is 0 Å². The molecule has 10 heavy (non-hydrogen) atoms. The molecule has 0 radical (unpaired) electrons. The first kappa shape index (κ1) is 7.34. The van der Waals surface area contributed by atoms with Gasteiger partial charge in [-0.25, -0.2) is 0 Å². The van der Waals surface area contributed by atoms with Gasteiger partial charge < -0.3 is 0 Å². The fourth-order valence-corrected chi connectivity index (χ4v) is 1.43. The zero-order valence-corrected chi connectivity index (χ0v) is 6.64. The molecule has 1 heterocycles. The van der Waals surface area contributed by atoms with Crippen molar-refractivity contribution in [2.24, 2.45) is 0 Å². The van der Waals surface area contributed by atoms with Gasteiger partial charge in [-0.15, -0.1) is 0 Å². The molecule has 4 nitrogen and oxygen atoms in total. The van der Waals surface area contributed by atoms with E-state index in [4.69, 9.17) is 4.19 Å². The van der Waals surface area contributed by atoms with Crippen molar-refractivity contribution < 1.29 is 11.9 Å². The molecule has 0 spiro atoms. The fourth-order valence-electron chi connectivity index (χ4n) is 0.500. The van der Waals surface area contributed by atoms with Crippen LogP contribution in [0.25, 0.3) is 0 Å². The Morgan fingerprint density at radius 3 is 2.40 bits per heavy atom. The normalized spacial score (nSPS) is 11.3. The van der Waals surface area contributed by atoms with E-state index in [1.54, 1.807) is 6.07 Å². The van der Waals surface area contributed by atoms with E-state index in [2.05, 4.69) is 4.98 Å². The maximum atomic E-state index is 10.4. The molecular weight excluding hydrogens is 201 g/mol. The van der Waals surface area contributed by atoms with Crippen LogP contribution in [-0.4, -0.2) is 22.2 Å². The summed E-state index contributed by atoms with van der Waals surface area (Å²) in [6.07, 6.45) is 1.31. The quantitative estimate of drug-likeness (QED) is 0.603. The Hall–Kier alpha value is -0.771. The molecule has 0 amide bonds. The molecule has 0 saturated carbocycles. The van der Waals surface area contributed by atoms with Crippen LogP contribution in [0.1, 0.15) is 0 Å². The van der Waals surface area contributed by atoms with E-state index in [9.17, 15) is 7.67 Å². The van der Waals surface area contributed by atoms with Crippen LogP contribution in [0.4, 0.5) is 0 Å². The second-order valence-electron chi connectivity index (χ2n) is 1.64. The van der Waals surface area contributed by atoms with Gasteiger partial charge >= 0.3 is 58.9 Å². The molecular formula is C5H5NO3Se. The van der Waals surface area contributed by atoms with E-state index in [1.807, 2.05) is 0 Å². The SMILES string of the molecule is O=[Se](=O)(O)c1ccccn1. The molecule has 1 aromatic heterocycles. The van der Waals surface area contributed by atoms with Crippen molar-refractivity contribution in [3.8, 4) is 0 Å². The zero-order valence-electron chi connectivity index (χ0n) is 4.93. The molecule has 0 saturated heterocycles. The molecule has 0 aromatic carbocycles. The van der Waals surface area contributed by atoms with Crippen LogP contribution in [0, 0.1) is 0 Å². The fraction of sp³-hybridized carbons (Fsp3) is 0. The minimum atomic E-state index is -4.81. The van der Waals surface area contributed by atoms with Crippen LogP contribution in [0.5, 0.6) is 0 Å². The molecule has 1 aromatic rings. The Labute approximate surface area is 59.5 Å². The van der Waals surface area contributed by atoms with Crippen molar-refractivity contribution in [2.75, 3.05) is 0 Å². The Balaban J connectivity index is 3.22. The van der Waals surface area contributed by atoms with Crippen LogP contribution >= 0.6 is 0 Å². The third kappa shape index (κ3) is 1.60. The third-order valence-corrected chi connectivity index (χ3v) is 2.52. The molecule has 0 aliphatic heterocycles. The van der Waals surface area contributed by atoms with Crippen molar-refractivity contribution in [1.82, 2.24) is 4.98 Å². The van der Waals surface area contributed by atoms with E-state index >= 15 is 0 Å². The van der Waals surface area contributed by atoms with E-state index in [0.29, 0.717) is 0 Å². The van der Waals surface area contributed by atoms with E-state index < -0.39 is 13.0 Å². The van der Waals surface area contributed by atoms with Gasteiger partial charge in [-0.2, -0.15) is 0 Å². The zero-order chi connectivity index (χ0) is 7.61. The minimum absolute atomic E-state index is 0.251. The standard InChI is InChI=1S/C5H5NO3Se/c7-10(8,9)5-3-1-2-4-6-5/h1-4H,(H,7,8,9). The van der Waals surface area contributed by atoms with E-state index in [1.165, 1.54) is 18.3 Å². The monoisotopic (exact) mass is 207 g/mol. The van der Waals surface area contributed by atoms with Crippen LogP contribution in [0.2, 0.25) is 0 Å². The summed E-state index contributed by atoms with van der Waals surface area (Å²) in [6, 6.07) is 4.33. The molecule has 54 valence electrons. The Morgan fingerprint density at radius 2 is 2.10 bits per heavy atom. The van der Waals surface area contributed by atoms with Gasteiger partial charge in [0.1, 0.15) is 0 Å². The summed E-state index contributed by atoms with van der Waals surface area (Å²) >= 11 is -4.81. The molecule has 0 bridgehead atoms. The predicted octanol–water partition coefficient (Wildman–Crippen LogP) is -0.919. The number of rotatable bonds is 1. The van der Waals surface area contributed by atoms with Gasteiger partial charge in [-0.1, -0.05) is 0 Å². The second-order valence-corrected chi connectivity index (χ2v) is 4.51. The summed E-state index contributed by atoms with van der Waals surface area (Å²) in [5.74, 6) is 0. The van der Waals surface area contributed by atoms with Crippen molar-refractivity contribution in [2.45, 2.75) is 0 Å². The molecule has 5 heteroatoms. The Kier molecular flexibility index (Phi) is 1.80. The molecule has 1 rings (SSSR count). The summed E-state index contributed by atoms with van der Waals surface area (Å²) < 4.78 is 29.0. The summed E-state index contributed by atoms with van der Waals surface area (Å²) in [4.78, 5) is 3.44. The Morgan fingerprint density at radius 1 is 1.40 bits per heavy atom. The van der Waals surface area contributed by atoms with Gasteiger partial charge in [-0.3, -0.25) is 0 Å². The molecule has 0 aliphatic carbocycles. The van der Waals surface area contributed by atoms with Gasteiger partial charge in [-0.05, 0) is 0 Å². The van der Waals surface area contributed by atoms with Gasteiger partial charge in [0.15, 0.2) is 0 Å². The number of hydrogen-bond donors (Lipinski definition) is 1. The molecule has 1 N–H and O–H groups in total. The van der Waals surface area contributed by atoms with Crippen LogP contribution in [0.3, 0.4) is 0 Å². The first-order valence-corrected chi connectivity index (χ1v) is 5.51. The van der Waals surface area contributed by atoms with Crippen molar-refractivity contribution >= 4 is 17.6 Å². The third-order valence-electron chi connectivity index (χ3n) is 0.902. The van der Waals surface area contributed by atoms with E-state index in [-0.39, 0.29) is 4.59 Å². The second kappa shape index (κ2) is 2.46. The number of nitrogens with zero attached hydrogens (tertiary/aromatic N) is 1. The first-order chi connectivity index (χ1) is 4.61. The van der Waals surface area contributed by atoms with Crippen LogP contribution in [0.15, 0.2) is 24.4 Å². The van der Waals surface area contributed by atoms with Gasteiger partial charge in [0.25, 0.3) is 0 Å². The van der Waals surface area contributed by atoms with E-state index in [0.717, 1.165) is 0 Å². The number of hydrogen-bond acceptors (Lipinski definition) is 3. The van der Waals surface area contributed by atoms with Crippen LogP contribution in [-0.2, 0) is 7.67 Å². The maximum absolute atomic E-state index is 10.4. The summed E-state index contributed by atoms with van der Waals surface area (Å²) in [7, 11) is 0. The van der Waals surface area contributed by atoms with Crippen molar-refractivity contribution in [1.29, 1.82) is 0 Å². The Bertz CT molecular complexity index is 305. The summed E-state index contributed by atoms with van der Waals surface area (Å²) in [5, 5.41) is 0. The molecule has 0 aliphatic rings. The average molecular weight is 206 g/mol. The number of pyridine rings is 1. The molecule has 0 fully saturated rings. The molecule has 0 atom stereocenters.